The summed E-state index contributed by atoms with van der Waals surface area (Å²) in [5.41, 5.74) is -0.0489. The van der Waals surface area contributed by atoms with Crippen molar-refractivity contribution in [3.8, 4) is 0 Å². The van der Waals surface area contributed by atoms with Crippen molar-refractivity contribution >= 4 is 5.91 Å². The molecule has 0 radical (unpaired) electrons. The minimum absolute atomic E-state index is 0.0489. The summed E-state index contributed by atoms with van der Waals surface area (Å²) >= 11 is 0. The maximum Gasteiger partial charge on any atom is 0.228 e. The van der Waals surface area contributed by atoms with Crippen LogP contribution in [0.25, 0.3) is 0 Å². The van der Waals surface area contributed by atoms with Gasteiger partial charge in [-0.1, -0.05) is 33.1 Å². The Bertz CT molecular complexity index is 289. The second kappa shape index (κ2) is 6.74. The fourth-order valence-electron chi connectivity index (χ4n) is 3.62. The van der Waals surface area contributed by atoms with Crippen LogP contribution < -0.4 is 5.32 Å². The van der Waals surface area contributed by atoms with Gasteiger partial charge in [-0.3, -0.25) is 4.79 Å². The normalized spacial score (nSPS) is 24.4. The molecule has 0 aromatic heterocycles. The van der Waals surface area contributed by atoms with Gasteiger partial charge in [0, 0.05) is 18.5 Å². The number of carbonyl (C=O) groups excluding carboxylic acids is 1. The summed E-state index contributed by atoms with van der Waals surface area (Å²) in [4.78, 5) is 14.9. The van der Waals surface area contributed by atoms with Crippen molar-refractivity contribution in [3.05, 3.63) is 0 Å². The summed E-state index contributed by atoms with van der Waals surface area (Å²) in [6.45, 7) is 8.48. The first-order chi connectivity index (χ1) is 9.15. The standard InChI is InChI=1S/C16H30N2O/c1-3-17-13-14-7-11-18(12-8-14)15(19)16(2)9-5-4-6-10-16/h14,17H,3-13H2,1-2H3. The molecule has 0 bridgehead atoms. The Hall–Kier alpha value is -0.570. The molecule has 0 spiro atoms. The van der Waals surface area contributed by atoms with Crippen LogP contribution in [0.2, 0.25) is 0 Å². The highest BCUT2D eigenvalue weighted by molar-refractivity contribution is 5.82. The smallest absolute Gasteiger partial charge is 0.228 e. The van der Waals surface area contributed by atoms with Gasteiger partial charge < -0.3 is 10.2 Å². The Kier molecular flexibility index (Phi) is 5.26. The molecule has 110 valence electrons. The SMILES string of the molecule is CCNCC1CCN(C(=O)C2(C)CCCCC2)CC1. The van der Waals surface area contributed by atoms with Gasteiger partial charge in [0.25, 0.3) is 0 Å². The maximum absolute atomic E-state index is 12.7. The molecule has 1 aliphatic heterocycles. The first kappa shape index (κ1) is 14.8. The van der Waals surface area contributed by atoms with E-state index < -0.39 is 0 Å². The fraction of sp³-hybridized carbons (Fsp3) is 0.938. The van der Waals surface area contributed by atoms with Crippen LogP contribution in [-0.2, 0) is 4.79 Å². The number of likely N-dealkylation sites (tertiary alicyclic amines) is 1. The second-order valence-corrected chi connectivity index (χ2v) is 6.66. The Labute approximate surface area is 118 Å². The van der Waals surface area contributed by atoms with Crippen molar-refractivity contribution in [1.82, 2.24) is 10.2 Å². The predicted molar refractivity (Wildman–Crippen MR) is 79.0 cm³/mol. The van der Waals surface area contributed by atoms with Crippen molar-refractivity contribution in [3.63, 3.8) is 0 Å². The molecule has 0 unspecified atom stereocenters. The van der Waals surface area contributed by atoms with Crippen molar-refractivity contribution in [1.29, 1.82) is 0 Å². The molecule has 1 N–H and O–H groups in total. The van der Waals surface area contributed by atoms with Gasteiger partial charge in [0.15, 0.2) is 0 Å². The lowest BCUT2D eigenvalue weighted by Gasteiger charge is -2.40. The van der Waals surface area contributed by atoms with Crippen LogP contribution in [0.15, 0.2) is 0 Å². The molecule has 1 saturated heterocycles. The van der Waals surface area contributed by atoms with Crippen LogP contribution in [0.3, 0.4) is 0 Å². The molecule has 2 fully saturated rings. The van der Waals surface area contributed by atoms with E-state index in [4.69, 9.17) is 0 Å². The monoisotopic (exact) mass is 266 g/mol. The molecule has 1 aliphatic carbocycles. The number of nitrogens with one attached hydrogen (secondary N) is 1. The third kappa shape index (κ3) is 3.71. The first-order valence-electron chi connectivity index (χ1n) is 8.16. The minimum atomic E-state index is -0.0489. The van der Waals surface area contributed by atoms with E-state index >= 15 is 0 Å². The van der Waals surface area contributed by atoms with Gasteiger partial charge in [-0.25, -0.2) is 0 Å². The number of rotatable bonds is 4. The van der Waals surface area contributed by atoms with Gasteiger partial charge in [-0.2, -0.15) is 0 Å². The van der Waals surface area contributed by atoms with E-state index in [0.29, 0.717) is 5.91 Å². The average Bonchev–Trinajstić information content (AvgIpc) is 2.46. The van der Waals surface area contributed by atoms with Crippen molar-refractivity contribution in [2.75, 3.05) is 26.2 Å². The van der Waals surface area contributed by atoms with E-state index in [-0.39, 0.29) is 5.41 Å². The molecule has 1 heterocycles. The van der Waals surface area contributed by atoms with Gasteiger partial charge in [-0.15, -0.1) is 0 Å². The second-order valence-electron chi connectivity index (χ2n) is 6.66. The highest BCUT2D eigenvalue weighted by Crippen LogP contribution is 2.38. The third-order valence-corrected chi connectivity index (χ3v) is 5.06. The Morgan fingerprint density at radius 1 is 1.21 bits per heavy atom. The zero-order valence-corrected chi connectivity index (χ0v) is 12.7. The zero-order chi connectivity index (χ0) is 13.7. The van der Waals surface area contributed by atoms with E-state index in [2.05, 4.69) is 24.1 Å². The topological polar surface area (TPSA) is 32.3 Å². The van der Waals surface area contributed by atoms with Crippen LogP contribution in [0.4, 0.5) is 0 Å². The van der Waals surface area contributed by atoms with Crippen LogP contribution in [-0.4, -0.2) is 37.0 Å². The van der Waals surface area contributed by atoms with Crippen molar-refractivity contribution < 1.29 is 4.79 Å². The van der Waals surface area contributed by atoms with Crippen LogP contribution in [0.5, 0.6) is 0 Å². The summed E-state index contributed by atoms with van der Waals surface area (Å²) in [6.07, 6.45) is 8.34. The molecule has 1 saturated carbocycles. The summed E-state index contributed by atoms with van der Waals surface area (Å²) in [7, 11) is 0. The zero-order valence-electron chi connectivity index (χ0n) is 12.7. The number of amides is 1. The van der Waals surface area contributed by atoms with Crippen LogP contribution in [0, 0.1) is 11.3 Å². The van der Waals surface area contributed by atoms with E-state index in [1.807, 2.05) is 0 Å². The molecule has 0 aromatic carbocycles. The highest BCUT2D eigenvalue weighted by Gasteiger charge is 2.38. The number of piperidine rings is 1. The number of carbonyl (C=O) groups is 1. The number of nitrogens with zero attached hydrogens (tertiary/aromatic N) is 1. The molecule has 2 aliphatic rings. The molecule has 1 amide bonds. The first-order valence-corrected chi connectivity index (χ1v) is 8.16. The van der Waals surface area contributed by atoms with Crippen LogP contribution in [0.1, 0.15) is 58.8 Å². The molecule has 3 nitrogen and oxygen atoms in total. The molecule has 2 rings (SSSR count). The van der Waals surface area contributed by atoms with Crippen molar-refractivity contribution in [2.45, 2.75) is 58.8 Å². The molecule has 0 aromatic rings. The van der Waals surface area contributed by atoms with E-state index in [0.717, 1.165) is 44.9 Å². The van der Waals surface area contributed by atoms with Gasteiger partial charge in [-0.05, 0) is 44.7 Å². The van der Waals surface area contributed by atoms with Gasteiger partial charge >= 0.3 is 0 Å². The lowest BCUT2D eigenvalue weighted by atomic mass is 9.74. The van der Waals surface area contributed by atoms with Gasteiger partial charge in [0.1, 0.15) is 0 Å². The van der Waals surface area contributed by atoms with Gasteiger partial charge in [0.2, 0.25) is 5.91 Å². The van der Waals surface area contributed by atoms with E-state index in [1.165, 1.54) is 32.1 Å². The quantitative estimate of drug-likeness (QED) is 0.848. The van der Waals surface area contributed by atoms with Crippen LogP contribution >= 0.6 is 0 Å². The molecular formula is C16H30N2O. The number of hydrogen-bond acceptors (Lipinski definition) is 2. The highest BCUT2D eigenvalue weighted by atomic mass is 16.2. The molecule has 19 heavy (non-hydrogen) atoms. The summed E-state index contributed by atoms with van der Waals surface area (Å²) in [6, 6.07) is 0. The van der Waals surface area contributed by atoms with Crippen molar-refractivity contribution in [2.24, 2.45) is 11.3 Å². The third-order valence-electron chi connectivity index (χ3n) is 5.06. The summed E-state index contributed by atoms with van der Waals surface area (Å²) in [5.74, 6) is 1.21. The Balaban J connectivity index is 1.81. The maximum atomic E-state index is 12.7. The van der Waals surface area contributed by atoms with E-state index in [9.17, 15) is 4.79 Å². The Morgan fingerprint density at radius 3 is 2.42 bits per heavy atom. The Morgan fingerprint density at radius 2 is 1.84 bits per heavy atom. The average molecular weight is 266 g/mol. The number of hydrogen-bond donors (Lipinski definition) is 1. The molecule has 0 atom stereocenters. The summed E-state index contributed by atoms with van der Waals surface area (Å²) in [5, 5.41) is 3.43. The lowest BCUT2D eigenvalue weighted by Crippen LogP contribution is -2.47. The predicted octanol–water partition coefficient (Wildman–Crippen LogP) is 2.80. The lowest BCUT2D eigenvalue weighted by molar-refractivity contribution is -0.144. The molecule has 3 heteroatoms. The fourth-order valence-corrected chi connectivity index (χ4v) is 3.62. The van der Waals surface area contributed by atoms with Gasteiger partial charge in [0.05, 0.1) is 0 Å². The largest absolute Gasteiger partial charge is 0.342 e. The molecular weight excluding hydrogens is 236 g/mol. The summed E-state index contributed by atoms with van der Waals surface area (Å²) < 4.78 is 0. The minimum Gasteiger partial charge on any atom is -0.342 e. The van der Waals surface area contributed by atoms with E-state index in [1.54, 1.807) is 0 Å².